The molecule has 6 fully saturated rings. The Morgan fingerprint density at radius 2 is 1.94 bits per heavy atom. The minimum Gasteiger partial charge on any atom is -0.449 e. The number of hydrogen-bond acceptors (Lipinski definition) is 5. The van der Waals surface area contributed by atoms with Crippen LogP contribution in [0.15, 0.2) is 12.2 Å². The molecule has 2 N–H and O–H groups in total. The van der Waals surface area contributed by atoms with E-state index in [1.165, 1.54) is 0 Å². The average molecular weight is 448 g/mol. The van der Waals surface area contributed by atoms with Crippen molar-refractivity contribution in [2.75, 3.05) is 32.9 Å². The van der Waals surface area contributed by atoms with E-state index in [-0.39, 0.29) is 28.8 Å². The number of amides is 1. The van der Waals surface area contributed by atoms with Crippen LogP contribution < -0.4 is 0 Å². The second kappa shape index (κ2) is 7.99. The van der Waals surface area contributed by atoms with Gasteiger partial charge in [0.2, 0.25) is 0 Å². The molecule has 2 bridgehead atoms. The van der Waals surface area contributed by atoms with Crippen molar-refractivity contribution in [2.45, 2.75) is 77.4 Å². The van der Waals surface area contributed by atoms with Crippen LogP contribution in [0.2, 0.25) is 0 Å². The van der Waals surface area contributed by atoms with Gasteiger partial charge < -0.3 is 24.6 Å². The summed E-state index contributed by atoms with van der Waals surface area (Å²) >= 11 is 0. The summed E-state index contributed by atoms with van der Waals surface area (Å²) in [6.07, 6.45) is 6.39. The Kier molecular flexibility index (Phi) is 5.66. The molecule has 0 aromatic heterocycles. The lowest BCUT2D eigenvalue weighted by molar-refractivity contribution is -0.264. The Bertz CT molecular complexity index is 765. The highest BCUT2D eigenvalue weighted by atomic mass is 16.6. The molecular formula is C26H41NO5. The Labute approximate surface area is 192 Å². The van der Waals surface area contributed by atoms with Crippen molar-refractivity contribution < 1.29 is 24.5 Å². The number of rotatable bonds is 3. The number of nitrogens with zero attached hydrogens (tertiary/aromatic N) is 1. The topological polar surface area (TPSA) is 79.2 Å². The second-order valence-electron chi connectivity index (χ2n) is 11.7. The maximum Gasteiger partial charge on any atom is 0.409 e. The fraction of sp³-hybridized carbons (Fsp3) is 0.885. The lowest BCUT2D eigenvalue weighted by atomic mass is 9.35. The third kappa shape index (κ3) is 3.05. The summed E-state index contributed by atoms with van der Waals surface area (Å²) in [6.45, 7) is 11.5. The molecule has 0 aromatic rings. The standard InChI is InChI=1S/C26H41NO5/c1-4-24(3)7-5-8-25(16-32-23(30)27-10-12-31-13-11-27)19(24)15-21(28)26-9-6-18(14-20(25)26)17(2)22(26)29/h18-22,28-29H,2,4-16H2,1,3H3/t18-,19?,20?,21+,22-,24+,25-,26?/m0/s1. The molecule has 6 nitrogen and oxygen atoms in total. The molecule has 0 radical (unpaired) electrons. The third-order valence-corrected chi connectivity index (χ3v) is 10.7. The smallest absolute Gasteiger partial charge is 0.409 e. The number of carbonyl (C=O) groups excluding carboxylic acids is 1. The lowest BCUT2D eigenvalue weighted by Crippen LogP contribution is -2.70. The van der Waals surface area contributed by atoms with E-state index >= 15 is 0 Å². The third-order valence-electron chi connectivity index (χ3n) is 10.7. The van der Waals surface area contributed by atoms with Gasteiger partial charge in [-0.1, -0.05) is 33.3 Å². The first-order chi connectivity index (χ1) is 15.3. The second-order valence-corrected chi connectivity index (χ2v) is 11.7. The zero-order chi connectivity index (χ0) is 22.7. The van der Waals surface area contributed by atoms with Crippen LogP contribution in [0.1, 0.15) is 65.2 Å². The number of ether oxygens (including phenoxy) is 2. The van der Waals surface area contributed by atoms with Crippen LogP contribution in [0.25, 0.3) is 0 Å². The summed E-state index contributed by atoms with van der Waals surface area (Å²) in [4.78, 5) is 14.7. The molecule has 6 aliphatic rings. The molecule has 0 aromatic carbocycles. The molecule has 1 saturated heterocycles. The molecule has 1 aliphatic heterocycles. The van der Waals surface area contributed by atoms with Crippen molar-refractivity contribution in [3.8, 4) is 0 Å². The van der Waals surface area contributed by atoms with E-state index in [1.54, 1.807) is 4.90 Å². The molecule has 5 saturated carbocycles. The zero-order valence-electron chi connectivity index (χ0n) is 19.9. The van der Waals surface area contributed by atoms with Gasteiger partial charge in [0.05, 0.1) is 32.0 Å². The highest BCUT2D eigenvalue weighted by Gasteiger charge is 2.71. The predicted molar refractivity (Wildman–Crippen MR) is 121 cm³/mol. The van der Waals surface area contributed by atoms with Crippen molar-refractivity contribution in [2.24, 2.45) is 34.0 Å². The zero-order valence-corrected chi connectivity index (χ0v) is 19.9. The number of aliphatic hydroxyl groups excluding tert-OH is 2. The van der Waals surface area contributed by atoms with Crippen LogP contribution in [0.5, 0.6) is 0 Å². The largest absolute Gasteiger partial charge is 0.449 e. The summed E-state index contributed by atoms with van der Waals surface area (Å²) in [7, 11) is 0. The van der Waals surface area contributed by atoms with Crippen LogP contribution >= 0.6 is 0 Å². The van der Waals surface area contributed by atoms with Crippen molar-refractivity contribution in [3.05, 3.63) is 12.2 Å². The van der Waals surface area contributed by atoms with Gasteiger partial charge >= 0.3 is 6.09 Å². The Morgan fingerprint density at radius 1 is 1.19 bits per heavy atom. The van der Waals surface area contributed by atoms with Gasteiger partial charge in [0, 0.05) is 23.9 Å². The predicted octanol–water partition coefficient (Wildman–Crippen LogP) is 3.76. The normalized spacial score (nSPS) is 48.2. The molecule has 32 heavy (non-hydrogen) atoms. The minimum atomic E-state index is -0.655. The Balaban J connectivity index is 1.51. The van der Waals surface area contributed by atoms with E-state index in [2.05, 4.69) is 20.4 Å². The van der Waals surface area contributed by atoms with E-state index in [4.69, 9.17) is 9.47 Å². The summed E-state index contributed by atoms with van der Waals surface area (Å²) < 4.78 is 11.5. The van der Waals surface area contributed by atoms with Crippen molar-refractivity contribution in [1.29, 1.82) is 0 Å². The SMILES string of the molecule is C=C1[C@H]2CCC3(C(C2)[C@]2(COC(=O)N4CCOCC4)CCC[C@@](C)(CC)C2C[C@H]3O)[C@H]1O. The molecule has 5 aliphatic carbocycles. The van der Waals surface area contributed by atoms with E-state index in [0.717, 1.165) is 50.5 Å². The number of fused-ring (bicyclic) bond motifs is 3. The van der Waals surface area contributed by atoms with Crippen LogP contribution in [0.4, 0.5) is 4.79 Å². The number of carbonyl (C=O) groups is 1. The molecule has 1 amide bonds. The lowest BCUT2D eigenvalue weighted by Gasteiger charge is -2.71. The Morgan fingerprint density at radius 3 is 2.66 bits per heavy atom. The van der Waals surface area contributed by atoms with E-state index < -0.39 is 17.6 Å². The summed E-state index contributed by atoms with van der Waals surface area (Å²) in [5.41, 5.74) is 0.300. The van der Waals surface area contributed by atoms with Crippen LogP contribution in [-0.4, -0.2) is 66.3 Å². The van der Waals surface area contributed by atoms with Gasteiger partial charge in [-0.3, -0.25) is 0 Å². The van der Waals surface area contributed by atoms with E-state index in [0.29, 0.717) is 45.2 Å². The van der Waals surface area contributed by atoms with Crippen molar-refractivity contribution in [1.82, 2.24) is 4.90 Å². The van der Waals surface area contributed by atoms with Crippen molar-refractivity contribution >= 4 is 6.09 Å². The van der Waals surface area contributed by atoms with Gasteiger partial charge in [-0.2, -0.15) is 0 Å². The van der Waals surface area contributed by atoms with Gasteiger partial charge in [0.25, 0.3) is 0 Å². The molecule has 6 rings (SSSR count). The van der Waals surface area contributed by atoms with Gasteiger partial charge in [0.1, 0.15) is 0 Å². The fourth-order valence-corrected chi connectivity index (χ4v) is 8.78. The van der Waals surface area contributed by atoms with Gasteiger partial charge in [-0.05, 0) is 67.3 Å². The molecule has 1 heterocycles. The fourth-order valence-electron chi connectivity index (χ4n) is 8.78. The van der Waals surface area contributed by atoms with E-state index in [9.17, 15) is 15.0 Å². The summed E-state index contributed by atoms with van der Waals surface area (Å²) in [5, 5.41) is 23.0. The molecule has 1 spiro atoms. The first-order valence-electron chi connectivity index (χ1n) is 12.8. The van der Waals surface area contributed by atoms with E-state index in [1.807, 2.05) is 0 Å². The number of aliphatic hydroxyl groups is 2. The molecule has 3 unspecified atom stereocenters. The first-order valence-corrected chi connectivity index (χ1v) is 12.8. The molecular weight excluding hydrogens is 406 g/mol. The highest BCUT2D eigenvalue weighted by molar-refractivity contribution is 5.67. The maximum atomic E-state index is 13.0. The van der Waals surface area contributed by atoms with Crippen LogP contribution in [-0.2, 0) is 9.47 Å². The van der Waals surface area contributed by atoms with Gasteiger partial charge in [0.15, 0.2) is 0 Å². The number of morpholine rings is 1. The molecule has 8 atom stereocenters. The van der Waals surface area contributed by atoms with Gasteiger partial charge in [-0.25, -0.2) is 4.79 Å². The molecule has 180 valence electrons. The maximum absolute atomic E-state index is 13.0. The minimum absolute atomic E-state index is 0.116. The quantitative estimate of drug-likeness (QED) is 0.644. The van der Waals surface area contributed by atoms with Crippen LogP contribution in [0.3, 0.4) is 0 Å². The summed E-state index contributed by atoms with van der Waals surface area (Å²) in [5.74, 6) is 0.757. The Hall–Kier alpha value is -1.11. The molecule has 6 heteroatoms. The monoisotopic (exact) mass is 447 g/mol. The number of hydrogen-bond donors (Lipinski definition) is 2. The average Bonchev–Trinajstić information content (AvgIpc) is 2.82. The first kappa shape index (κ1) is 22.7. The van der Waals surface area contributed by atoms with Crippen LogP contribution in [0, 0.1) is 34.0 Å². The summed E-state index contributed by atoms with van der Waals surface area (Å²) in [6, 6.07) is 0. The van der Waals surface area contributed by atoms with Gasteiger partial charge in [-0.15, -0.1) is 0 Å². The van der Waals surface area contributed by atoms with Crippen molar-refractivity contribution in [3.63, 3.8) is 0 Å². The highest BCUT2D eigenvalue weighted by Crippen LogP contribution is 2.72.